The molecule has 0 bridgehead atoms. The predicted molar refractivity (Wildman–Crippen MR) is 73.0 cm³/mol. The van der Waals surface area contributed by atoms with Gasteiger partial charge in [-0.05, 0) is 57.4 Å². The molecule has 0 spiro atoms. The highest BCUT2D eigenvalue weighted by molar-refractivity contribution is 5.14. The second-order valence-corrected chi connectivity index (χ2v) is 5.21. The summed E-state index contributed by atoms with van der Waals surface area (Å²) in [4.78, 5) is 2.44. The second-order valence-electron chi connectivity index (χ2n) is 5.21. The van der Waals surface area contributed by atoms with Gasteiger partial charge in [0, 0.05) is 6.54 Å². The molecule has 1 saturated heterocycles. The molecule has 1 heterocycles. The zero-order chi connectivity index (χ0) is 11.9. The van der Waals surface area contributed by atoms with E-state index < -0.39 is 0 Å². The quantitative estimate of drug-likeness (QED) is 0.839. The van der Waals surface area contributed by atoms with Gasteiger partial charge in [0.2, 0.25) is 0 Å². The first-order chi connectivity index (χ1) is 8.34. The van der Waals surface area contributed by atoms with Gasteiger partial charge in [-0.2, -0.15) is 0 Å². The monoisotopic (exact) mass is 232 g/mol. The fourth-order valence-electron chi connectivity index (χ4n) is 2.55. The van der Waals surface area contributed by atoms with Gasteiger partial charge in [0.25, 0.3) is 0 Å². The van der Waals surface area contributed by atoms with Gasteiger partial charge in [0.05, 0.1) is 0 Å². The molecule has 0 atom stereocenters. The molecule has 94 valence electrons. The first-order valence-electron chi connectivity index (χ1n) is 6.78. The van der Waals surface area contributed by atoms with Crippen LogP contribution in [-0.2, 0) is 6.54 Å². The summed E-state index contributed by atoms with van der Waals surface area (Å²) < 4.78 is 0. The molecule has 0 amide bonds. The smallest absolute Gasteiger partial charge is 0.0230 e. The third kappa shape index (κ3) is 4.49. The van der Waals surface area contributed by atoms with Crippen LogP contribution in [0.25, 0.3) is 0 Å². The Bertz CT molecular complexity index is 304. The second kappa shape index (κ2) is 6.77. The van der Waals surface area contributed by atoms with Crippen LogP contribution in [-0.4, -0.2) is 31.6 Å². The molecular formula is C15H24N2. The Hall–Kier alpha value is -0.860. The largest absolute Gasteiger partial charge is 0.317 e. The van der Waals surface area contributed by atoms with Crippen LogP contribution in [0.3, 0.4) is 0 Å². The molecule has 0 radical (unpaired) electrons. The Morgan fingerprint density at radius 1 is 1.18 bits per heavy atom. The van der Waals surface area contributed by atoms with E-state index in [1.165, 1.54) is 44.5 Å². The number of benzene rings is 1. The molecular weight excluding hydrogens is 208 g/mol. The summed E-state index contributed by atoms with van der Waals surface area (Å²) in [6, 6.07) is 10.7. The zero-order valence-corrected chi connectivity index (χ0v) is 10.9. The number of rotatable bonds is 5. The molecule has 0 aliphatic carbocycles. The van der Waals surface area contributed by atoms with Crippen molar-refractivity contribution < 1.29 is 0 Å². The summed E-state index contributed by atoms with van der Waals surface area (Å²) >= 11 is 0. The molecule has 0 saturated carbocycles. The standard InChI is InChI=1S/C15H24N2/c1-17(13-15-5-3-2-4-6-15)12-9-14-7-10-16-11-8-14/h2-6,14,16H,7-13H2,1H3. The minimum Gasteiger partial charge on any atom is -0.317 e. The van der Waals surface area contributed by atoms with Gasteiger partial charge >= 0.3 is 0 Å². The highest BCUT2D eigenvalue weighted by atomic mass is 15.1. The molecule has 0 unspecified atom stereocenters. The van der Waals surface area contributed by atoms with Crippen molar-refractivity contribution in [1.82, 2.24) is 10.2 Å². The lowest BCUT2D eigenvalue weighted by Crippen LogP contribution is -2.30. The lowest BCUT2D eigenvalue weighted by atomic mass is 9.94. The van der Waals surface area contributed by atoms with Crippen molar-refractivity contribution in [3.63, 3.8) is 0 Å². The average molecular weight is 232 g/mol. The van der Waals surface area contributed by atoms with Crippen molar-refractivity contribution in [1.29, 1.82) is 0 Å². The first kappa shape index (κ1) is 12.6. The summed E-state index contributed by atoms with van der Waals surface area (Å²) in [5, 5.41) is 3.43. The van der Waals surface area contributed by atoms with Gasteiger partial charge in [-0.15, -0.1) is 0 Å². The van der Waals surface area contributed by atoms with E-state index in [2.05, 4.69) is 47.6 Å². The van der Waals surface area contributed by atoms with E-state index >= 15 is 0 Å². The van der Waals surface area contributed by atoms with E-state index in [0.717, 1.165) is 12.5 Å². The Kier molecular flexibility index (Phi) is 5.02. The summed E-state index contributed by atoms with van der Waals surface area (Å²) in [6.45, 7) is 4.73. The van der Waals surface area contributed by atoms with Crippen molar-refractivity contribution in [2.45, 2.75) is 25.8 Å². The molecule has 2 heteroatoms. The Labute approximate surface area is 105 Å². The summed E-state index contributed by atoms with van der Waals surface area (Å²) in [7, 11) is 2.23. The van der Waals surface area contributed by atoms with Crippen molar-refractivity contribution in [3.8, 4) is 0 Å². The molecule has 0 aromatic heterocycles. The Morgan fingerprint density at radius 3 is 2.59 bits per heavy atom. The topological polar surface area (TPSA) is 15.3 Å². The van der Waals surface area contributed by atoms with Crippen LogP contribution in [0.15, 0.2) is 30.3 Å². The number of hydrogen-bond acceptors (Lipinski definition) is 2. The van der Waals surface area contributed by atoms with Gasteiger partial charge in [0.15, 0.2) is 0 Å². The van der Waals surface area contributed by atoms with Crippen LogP contribution in [0.1, 0.15) is 24.8 Å². The SMILES string of the molecule is CN(CCC1CCNCC1)Cc1ccccc1. The van der Waals surface area contributed by atoms with Crippen molar-refractivity contribution in [2.75, 3.05) is 26.7 Å². The van der Waals surface area contributed by atoms with E-state index in [4.69, 9.17) is 0 Å². The van der Waals surface area contributed by atoms with Gasteiger partial charge in [-0.25, -0.2) is 0 Å². The minimum atomic E-state index is 0.939. The third-order valence-electron chi connectivity index (χ3n) is 3.67. The van der Waals surface area contributed by atoms with Crippen LogP contribution in [0.2, 0.25) is 0 Å². The van der Waals surface area contributed by atoms with Crippen molar-refractivity contribution in [2.24, 2.45) is 5.92 Å². The number of nitrogens with one attached hydrogen (secondary N) is 1. The summed E-state index contributed by atoms with van der Waals surface area (Å²) in [5.41, 5.74) is 1.42. The first-order valence-corrected chi connectivity index (χ1v) is 6.78. The Morgan fingerprint density at radius 2 is 1.88 bits per heavy atom. The zero-order valence-electron chi connectivity index (χ0n) is 10.9. The summed E-state index contributed by atoms with van der Waals surface area (Å²) in [5.74, 6) is 0.939. The highest BCUT2D eigenvalue weighted by Gasteiger charge is 2.13. The molecule has 1 aliphatic rings. The number of piperidine rings is 1. The van der Waals surface area contributed by atoms with Gasteiger partial charge in [0.1, 0.15) is 0 Å². The van der Waals surface area contributed by atoms with Gasteiger partial charge in [-0.3, -0.25) is 0 Å². The van der Waals surface area contributed by atoms with Crippen molar-refractivity contribution >= 4 is 0 Å². The fraction of sp³-hybridized carbons (Fsp3) is 0.600. The maximum absolute atomic E-state index is 3.43. The maximum Gasteiger partial charge on any atom is 0.0230 e. The highest BCUT2D eigenvalue weighted by Crippen LogP contribution is 2.16. The van der Waals surface area contributed by atoms with E-state index in [0.29, 0.717) is 0 Å². The minimum absolute atomic E-state index is 0.939. The third-order valence-corrected chi connectivity index (χ3v) is 3.67. The van der Waals surface area contributed by atoms with Crippen LogP contribution < -0.4 is 5.32 Å². The number of nitrogens with zero attached hydrogens (tertiary/aromatic N) is 1. The van der Waals surface area contributed by atoms with Crippen LogP contribution in [0.5, 0.6) is 0 Å². The molecule has 1 fully saturated rings. The molecule has 17 heavy (non-hydrogen) atoms. The molecule has 1 N–H and O–H groups in total. The molecule has 1 aliphatic heterocycles. The lowest BCUT2D eigenvalue weighted by molar-refractivity contribution is 0.266. The summed E-state index contributed by atoms with van der Waals surface area (Å²) in [6.07, 6.45) is 4.07. The molecule has 1 aromatic carbocycles. The van der Waals surface area contributed by atoms with Gasteiger partial charge < -0.3 is 10.2 Å². The lowest BCUT2D eigenvalue weighted by Gasteiger charge is -2.25. The van der Waals surface area contributed by atoms with Crippen molar-refractivity contribution in [3.05, 3.63) is 35.9 Å². The van der Waals surface area contributed by atoms with Crippen LogP contribution in [0.4, 0.5) is 0 Å². The normalized spacial score (nSPS) is 17.5. The molecule has 2 nitrogen and oxygen atoms in total. The van der Waals surface area contributed by atoms with Crippen LogP contribution >= 0.6 is 0 Å². The Balaban J connectivity index is 1.68. The van der Waals surface area contributed by atoms with E-state index in [-0.39, 0.29) is 0 Å². The molecule has 1 aromatic rings. The molecule has 2 rings (SSSR count). The van der Waals surface area contributed by atoms with E-state index in [1.54, 1.807) is 0 Å². The van der Waals surface area contributed by atoms with Gasteiger partial charge in [-0.1, -0.05) is 30.3 Å². The fourth-order valence-corrected chi connectivity index (χ4v) is 2.55. The number of hydrogen-bond donors (Lipinski definition) is 1. The van der Waals surface area contributed by atoms with E-state index in [9.17, 15) is 0 Å². The predicted octanol–water partition coefficient (Wildman–Crippen LogP) is 2.51. The van der Waals surface area contributed by atoms with Crippen LogP contribution in [0, 0.1) is 5.92 Å². The average Bonchev–Trinajstić information content (AvgIpc) is 2.39. The van der Waals surface area contributed by atoms with E-state index in [1.807, 2.05) is 0 Å². The maximum atomic E-state index is 3.43.